The average molecular weight is 305 g/mol. The van der Waals surface area contributed by atoms with Crippen LogP contribution < -0.4 is 16.4 Å². The van der Waals surface area contributed by atoms with Crippen LogP contribution in [0.2, 0.25) is 0 Å². The van der Waals surface area contributed by atoms with Crippen LogP contribution in [0.25, 0.3) is 0 Å². The van der Waals surface area contributed by atoms with E-state index < -0.39 is 28.7 Å². The van der Waals surface area contributed by atoms with E-state index in [1.54, 1.807) is 13.8 Å². The van der Waals surface area contributed by atoms with Gasteiger partial charge >= 0.3 is 12.0 Å². The normalized spacial score (nSPS) is 12.6. The maximum Gasteiger partial charge on any atom is 0.321 e. The topological polar surface area (TPSA) is 122 Å². The van der Waals surface area contributed by atoms with Gasteiger partial charge in [0.15, 0.2) is 0 Å². The molecule has 0 heterocycles. The smallest absolute Gasteiger partial charge is 0.321 e. The van der Waals surface area contributed by atoms with Crippen LogP contribution in [-0.4, -0.2) is 46.1 Å². The second-order valence-electron chi connectivity index (χ2n) is 4.87. The Morgan fingerprint density at radius 3 is 2.45 bits per heavy atom. The van der Waals surface area contributed by atoms with Gasteiger partial charge in [-0.2, -0.15) is 0 Å². The van der Waals surface area contributed by atoms with Gasteiger partial charge in [-0.15, -0.1) is 11.8 Å². The highest BCUT2D eigenvalue weighted by Gasteiger charge is 2.33. The van der Waals surface area contributed by atoms with Crippen LogP contribution in [-0.2, 0) is 9.59 Å². The van der Waals surface area contributed by atoms with Crippen molar-refractivity contribution >= 4 is 29.7 Å². The SMILES string of the molecule is CCCCNC(=O)NC(=O)CSC(C)(C)[C@H](N)C(=O)O. The van der Waals surface area contributed by atoms with E-state index in [9.17, 15) is 14.4 Å². The minimum atomic E-state index is -1.12. The number of carbonyl (C=O) groups excluding carboxylic acids is 2. The molecular weight excluding hydrogens is 282 g/mol. The molecule has 0 saturated heterocycles. The molecule has 7 nitrogen and oxygen atoms in total. The van der Waals surface area contributed by atoms with Crippen LogP contribution in [0.1, 0.15) is 33.6 Å². The fourth-order valence-electron chi connectivity index (χ4n) is 1.22. The van der Waals surface area contributed by atoms with E-state index in [2.05, 4.69) is 10.6 Å². The van der Waals surface area contributed by atoms with Gasteiger partial charge in [-0.3, -0.25) is 14.9 Å². The number of nitrogens with one attached hydrogen (secondary N) is 2. The predicted molar refractivity (Wildman–Crippen MR) is 78.6 cm³/mol. The molecule has 0 aliphatic heterocycles. The number of carbonyl (C=O) groups is 3. The first kappa shape index (κ1) is 18.7. The van der Waals surface area contributed by atoms with Crippen molar-refractivity contribution in [2.24, 2.45) is 5.73 Å². The summed E-state index contributed by atoms with van der Waals surface area (Å²) in [7, 11) is 0. The molecule has 8 heteroatoms. The molecule has 0 saturated carbocycles. The van der Waals surface area contributed by atoms with Gasteiger partial charge in [-0.05, 0) is 20.3 Å². The molecule has 0 radical (unpaired) electrons. The molecule has 5 N–H and O–H groups in total. The molecule has 0 aliphatic carbocycles. The maximum absolute atomic E-state index is 11.5. The molecule has 0 unspecified atom stereocenters. The van der Waals surface area contributed by atoms with Crippen LogP contribution in [0.5, 0.6) is 0 Å². The predicted octanol–water partition coefficient (Wildman–Crippen LogP) is 0.536. The van der Waals surface area contributed by atoms with Gasteiger partial charge < -0.3 is 16.2 Å². The number of imide groups is 1. The van der Waals surface area contributed by atoms with Crippen molar-refractivity contribution in [3.63, 3.8) is 0 Å². The van der Waals surface area contributed by atoms with Crippen molar-refractivity contribution in [2.75, 3.05) is 12.3 Å². The maximum atomic E-state index is 11.5. The van der Waals surface area contributed by atoms with Gasteiger partial charge in [0.25, 0.3) is 0 Å². The van der Waals surface area contributed by atoms with E-state index in [0.717, 1.165) is 24.6 Å². The Balaban J connectivity index is 4.10. The van der Waals surface area contributed by atoms with Gasteiger partial charge in [0, 0.05) is 11.3 Å². The summed E-state index contributed by atoms with van der Waals surface area (Å²) in [5, 5.41) is 13.6. The van der Waals surface area contributed by atoms with Crippen molar-refractivity contribution in [1.82, 2.24) is 10.6 Å². The lowest BCUT2D eigenvalue weighted by atomic mass is 10.1. The summed E-state index contributed by atoms with van der Waals surface area (Å²) in [5.74, 6) is -1.63. The van der Waals surface area contributed by atoms with E-state index in [1.807, 2.05) is 6.92 Å². The summed E-state index contributed by atoms with van der Waals surface area (Å²) in [4.78, 5) is 33.7. The van der Waals surface area contributed by atoms with E-state index in [0.29, 0.717) is 6.54 Å². The Bertz CT molecular complexity index is 361. The van der Waals surface area contributed by atoms with Gasteiger partial charge in [0.2, 0.25) is 5.91 Å². The van der Waals surface area contributed by atoms with E-state index in [-0.39, 0.29) is 5.75 Å². The van der Waals surface area contributed by atoms with Crippen molar-refractivity contribution in [3.05, 3.63) is 0 Å². The minimum absolute atomic E-state index is 0.0326. The van der Waals surface area contributed by atoms with Crippen LogP contribution >= 0.6 is 11.8 Å². The number of aliphatic carboxylic acids is 1. The lowest BCUT2D eigenvalue weighted by Crippen LogP contribution is -2.48. The van der Waals surface area contributed by atoms with Crippen molar-refractivity contribution in [3.8, 4) is 0 Å². The second kappa shape index (κ2) is 8.80. The Kier molecular flexibility index (Phi) is 8.24. The molecular formula is C12H23N3O4S. The third kappa shape index (κ3) is 7.34. The van der Waals surface area contributed by atoms with Gasteiger partial charge in [0.05, 0.1) is 5.75 Å². The highest BCUT2D eigenvalue weighted by atomic mass is 32.2. The fourth-order valence-corrected chi connectivity index (χ4v) is 2.08. The fraction of sp³-hybridized carbons (Fsp3) is 0.750. The standard InChI is InChI=1S/C12H23N3O4S/c1-4-5-6-14-11(19)15-8(16)7-20-12(2,3)9(13)10(17)18/h9H,4-7,13H2,1-3H3,(H,17,18)(H2,14,15,16,19)/t9-/m1/s1. The van der Waals surface area contributed by atoms with Crippen LogP contribution in [0.3, 0.4) is 0 Å². The monoisotopic (exact) mass is 305 g/mol. The van der Waals surface area contributed by atoms with E-state index in [1.165, 1.54) is 0 Å². The largest absolute Gasteiger partial charge is 0.480 e. The summed E-state index contributed by atoms with van der Waals surface area (Å²) in [6, 6.07) is -1.62. The highest BCUT2D eigenvalue weighted by molar-refractivity contribution is 8.01. The number of carboxylic acid groups (broad SMARTS) is 1. The molecule has 20 heavy (non-hydrogen) atoms. The summed E-state index contributed by atoms with van der Waals surface area (Å²) in [6.07, 6.45) is 1.79. The summed E-state index contributed by atoms with van der Waals surface area (Å²) >= 11 is 1.10. The van der Waals surface area contributed by atoms with Crippen LogP contribution in [0, 0.1) is 0 Å². The number of nitrogens with two attached hydrogens (primary N) is 1. The Hall–Kier alpha value is -1.28. The highest BCUT2D eigenvalue weighted by Crippen LogP contribution is 2.27. The first-order valence-electron chi connectivity index (χ1n) is 6.40. The molecule has 3 amide bonds. The molecule has 116 valence electrons. The van der Waals surface area contributed by atoms with E-state index >= 15 is 0 Å². The first-order valence-corrected chi connectivity index (χ1v) is 7.39. The molecule has 1 atom stereocenters. The molecule has 0 aromatic rings. The minimum Gasteiger partial charge on any atom is -0.480 e. The van der Waals surface area contributed by atoms with Crippen molar-refractivity contribution in [1.29, 1.82) is 0 Å². The molecule has 0 rings (SSSR count). The zero-order chi connectivity index (χ0) is 15.8. The zero-order valence-corrected chi connectivity index (χ0v) is 12.9. The van der Waals surface area contributed by atoms with Crippen molar-refractivity contribution < 1.29 is 19.5 Å². The first-order chi connectivity index (χ1) is 9.20. The van der Waals surface area contributed by atoms with Crippen molar-refractivity contribution in [2.45, 2.75) is 44.4 Å². The quantitative estimate of drug-likeness (QED) is 0.485. The Morgan fingerprint density at radius 1 is 1.35 bits per heavy atom. The van der Waals surface area contributed by atoms with Gasteiger partial charge in [0.1, 0.15) is 6.04 Å². The Morgan fingerprint density at radius 2 is 1.95 bits per heavy atom. The van der Waals surface area contributed by atoms with Crippen LogP contribution in [0.4, 0.5) is 4.79 Å². The van der Waals surface area contributed by atoms with Crippen LogP contribution in [0.15, 0.2) is 0 Å². The Labute approximate surface area is 123 Å². The molecule has 0 aliphatic rings. The summed E-state index contributed by atoms with van der Waals surface area (Å²) in [6.45, 7) is 5.80. The number of hydrogen-bond acceptors (Lipinski definition) is 5. The number of amides is 3. The molecule has 0 spiro atoms. The lowest BCUT2D eigenvalue weighted by Gasteiger charge is -2.27. The number of hydrogen-bond donors (Lipinski definition) is 4. The number of unbranched alkanes of at least 4 members (excludes halogenated alkanes) is 1. The number of carboxylic acids is 1. The molecule has 0 aromatic heterocycles. The average Bonchev–Trinajstić information content (AvgIpc) is 2.35. The van der Waals surface area contributed by atoms with Gasteiger partial charge in [-0.1, -0.05) is 13.3 Å². The third-order valence-electron chi connectivity index (χ3n) is 2.66. The molecule has 0 aromatic carbocycles. The number of urea groups is 1. The molecule has 0 bridgehead atoms. The molecule has 0 fully saturated rings. The summed E-state index contributed by atoms with van der Waals surface area (Å²) < 4.78 is -0.804. The zero-order valence-electron chi connectivity index (χ0n) is 12.1. The van der Waals surface area contributed by atoms with Gasteiger partial charge in [-0.25, -0.2) is 4.79 Å². The summed E-state index contributed by atoms with van der Waals surface area (Å²) in [5.41, 5.74) is 5.53. The number of rotatable bonds is 8. The lowest BCUT2D eigenvalue weighted by molar-refractivity contribution is -0.139. The second-order valence-corrected chi connectivity index (χ2v) is 6.50. The number of thioether (sulfide) groups is 1. The van der Waals surface area contributed by atoms with E-state index in [4.69, 9.17) is 10.8 Å². The third-order valence-corrected chi connectivity index (χ3v) is 4.06.